The van der Waals surface area contributed by atoms with Crippen molar-refractivity contribution in [1.29, 1.82) is 0 Å². The van der Waals surface area contributed by atoms with Crippen molar-refractivity contribution in [3.8, 4) is 5.75 Å². The fraction of sp³-hybridized carbons (Fsp3) is 0.773. The van der Waals surface area contributed by atoms with Crippen LogP contribution in [0.15, 0.2) is 0 Å². The Balaban J connectivity index is 1.68. The molecule has 0 saturated carbocycles. The Morgan fingerprint density at radius 2 is 1.52 bits per heavy atom. The van der Waals surface area contributed by atoms with Gasteiger partial charge in [-0.1, -0.05) is 64.7 Å². The number of aromatic nitrogens is 1. The summed E-state index contributed by atoms with van der Waals surface area (Å²) in [6, 6.07) is 0. The zero-order valence-corrected chi connectivity index (χ0v) is 16.7. The molecule has 0 aromatic carbocycles. The molecule has 1 aliphatic rings. The van der Waals surface area contributed by atoms with E-state index in [0.717, 1.165) is 36.6 Å². The Hall–Kier alpha value is -1.25. The van der Waals surface area contributed by atoms with Crippen molar-refractivity contribution in [2.24, 2.45) is 0 Å². The number of hydrogen-bond donors (Lipinski definition) is 1. The minimum atomic E-state index is 0.388. The van der Waals surface area contributed by atoms with Crippen molar-refractivity contribution in [3.05, 3.63) is 16.8 Å². The summed E-state index contributed by atoms with van der Waals surface area (Å²) in [5.74, 6) is 1.52. The number of aryl methyl sites for hydroxylation is 1. The molecule has 1 aromatic heterocycles. The molecule has 1 N–H and O–H groups in total. The third-order valence-electron chi connectivity index (χ3n) is 5.63. The van der Waals surface area contributed by atoms with E-state index >= 15 is 0 Å². The van der Waals surface area contributed by atoms with Crippen LogP contribution in [-0.2, 0) is 6.42 Å². The number of anilines is 1. The molecule has 1 aliphatic heterocycles. The van der Waals surface area contributed by atoms with Crippen molar-refractivity contribution in [2.75, 3.05) is 18.0 Å². The smallest absolute Gasteiger partial charge is 0.140 e. The number of rotatable bonds is 11. The second-order valence-corrected chi connectivity index (χ2v) is 7.75. The third kappa shape index (κ3) is 5.90. The topological polar surface area (TPSA) is 36.4 Å². The number of aromatic hydroxyl groups is 1. The first-order valence-electron chi connectivity index (χ1n) is 10.6. The minimum Gasteiger partial charge on any atom is -0.506 e. The first-order chi connectivity index (χ1) is 12.1. The van der Waals surface area contributed by atoms with Gasteiger partial charge in [0.15, 0.2) is 0 Å². The second kappa shape index (κ2) is 10.7. The number of fused-ring (bicyclic) bond motifs is 1. The van der Waals surface area contributed by atoms with E-state index in [9.17, 15) is 5.11 Å². The lowest BCUT2D eigenvalue weighted by Gasteiger charge is -2.31. The van der Waals surface area contributed by atoms with Gasteiger partial charge in [0.1, 0.15) is 11.6 Å². The maximum atomic E-state index is 10.1. The summed E-state index contributed by atoms with van der Waals surface area (Å²) in [6.45, 7) is 8.45. The van der Waals surface area contributed by atoms with Crippen LogP contribution in [0.1, 0.15) is 94.4 Å². The maximum Gasteiger partial charge on any atom is 0.140 e. The fourth-order valence-electron chi connectivity index (χ4n) is 3.98. The number of nitrogens with zero attached hydrogens (tertiary/aromatic N) is 2. The van der Waals surface area contributed by atoms with Gasteiger partial charge in [-0.25, -0.2) is 4.98 Å². The average Bonchev–Trinajstić information content (AvgIpc) is 2.62. The van der Waals surface area contributed by atoms with E-state index in [1.165, 1.54) is 76.2 Å². The normalized spacial score (nSPS) is 14.0. The van der Waals surface area contributed by atoms with Gasteiger partial charge in [0.25, 0.3) is 0 Å². The van der Waals surface area contributed by atoms with Crippen LogP contribution in [0.3, 0.4) is 0 Å². The molecular formula is C22H38N2O. The molecule has 2 heterocycles. The standard InChI is InChI=1S/C22H38N2O/c1-4-5-6-7-8-9-10-11-12-13-16-24-17-14-15-20-18(2)21(25)19(3)23-22(20)24/h25H,4-17H2,1-3H3. The van der Waals surface area contributed by atoms with Crippen LogP contribution in [0.2, 0.25) is 0 Å². The highest BCUT2D eigenvalue weighted by molar-refractivity contribution is 5.58. The van der Waals surface area contributed by atoms with Gasteiger partial charge in [0.2, 0.25) is 0 Å². The van der Waals surface area contributed by atoms with Gasteiger partial charge in [0, 0.05) is 18.7 Å². The summed E-state index contributed by atoms with van der Waals surface area (Å²) in [5.41, 5.74) is 3.07. The molecule has 3 heteroatoms. The molecule has 0 bridgehead atoms. The largest absolute Gasteiger partial charge is 0.506 e. The Labute approximate surface area is 154 Å². The van der Waals surface area contributed by atoms with Crippen LogP contribution in [0.25, 0.3) is 0 Å². The highest BCUT2D eigenvalue weighted by Crippen LogP contribution is 2.34. The summed E-state index contributed by atoms with van der Waals surface area (Å²) >= 11 is 0. The van der Waals surface area contributed by atoms with Crippen molar-refractivity contribution in [1.82, 2.24) is 4.98 Å². The van der Waals surface area contributed by atoms with E-state index in [1.54, 1.807) is 0 Å². The van der Waals surface area contributed by atoms with E-state index in [4.69, 9.17) is 4.98 Å². The molecule has 2 rings (SSSR count). The molecule has 0 saturated heterocycles. The molecule has 25 heavy (non-hydrogen) atoms. The molecule has 142 valence electrons. The SMILES string of the molecule is CCCCCCCCCCCCN1CCCc2c1nc(C)c(O)c2C. The molecule has 3 nitrogen and oxygen atoms in total. The lowest BCUT2D eigenvalue weighted by atomic mass is 9.98. The Morgan fingerprint density at radius 3 is 2.16 bits per heavy atom. The van der Waals surface area contributed by atoms with Crippen molar-refractivity contribution >= 4 is 5.82 Å². The van der Waals surface area contributed by atoms with Gasteiger partial charge >= 0.3 is 0 Å². The zero-order valence-electron chi connectivity index (χ0n) is 16.7. The van der Waals surface area contributed by atoms with Crippen LogP contribution in [0, 0.1) is 13.8 Å². The molecule has 0 atom stereocenters. The molecule has 0 amide bonds. The Kier molecular flexibility index (Phi) is 8.57. The van der Waals surface area contributed by atoms with E-state index < -0.39 is 0 Å². The van der Waals surface area contributed by atoms with E-state index in [1.807, 2.05) is 13.8 Å². The quantitative estimate of drug-likeness (QED) is 0.493. The average molecular weight is 347 g/mol. The molecule has 1 aromatic rings. The summed E-state index contributed by atoms with van der Waals surface area (Å²) in [6.07, 6.45) is 16.0. The van der Waals surface area contributed by atoms with Crippen LogP contribution in [0.5, 0.6) is 5.75 Å². The van der Waals surface area contributed by atoms with Crippen LogP contribution in [0.4, 0.5) is 5.82 Å². The molecule has 0 aliphatic carbocycles. The molecule has 0 unspecified atom stereocenters. The highest BCUT2D eigenvalue weighted by atomic mass is 16.3. The zero-order chi connectivity index (χ0) is 18.1. The van der Waals surface area contributed by atoms with Crippen LogP contribution in [-0.4, -0.2) is 23.2 Å². The van der Waals surface area contributed by atoms with Gasteiger partial charge in [-0.3, -0.25) is 0 Å². The van der Waals surface area contributed by atoms with Crippen molar-refractivity contribution in [3.63, 3.8) is 0 Å². The second-order valence-electron chi connectivity index (χ2n) is 7.75. The van der Waals surface area contributed by atoms with Gasteiger partial charge in [-0.15, -0.1) is 0 Å². The van der Waals surface area contributed by atoms with E-state index in [0.29, 0.717) is 5.75 Å². The Bertz CT molecular complexity index is 527. The number of hydrogen-bond acceptors (Lipinski definition) is 3. The van der Waals surface area contributed by atoms with Crippen molar-refractivity contribution in [2.45, 2.75) is 97.8 Å². The molecule has 0 spiro atoms. The molecular weight excluding hydrogens is 308 g/mol. The molecule has 0 fully saturated rings. The predicted molar refractivity (Wildman–Crippen MR) is 108 cm³/mol. The fourth-order valence-corrected chi connectivity index (χ4v) is 3.98. The van der Waals surface area contributed by atoms with E-state index in [2.05, 4.69) is 11.8 Å². The third-order valence-corrected chi connectivity index (χ3v) is 5.63. The van der Waals surface area contributed by atoms with Crippen LogP contribution < -0.4 is 4.90 Å². The lowest BCUT2D eigenvalue weighted by molar-refractivity contribution is 0.460. The first-order valence-corrected chi connectivity index (χ1v) is 10.6. The minimum absolute atomic E-state index is 0.388. The monoisotopic (exact) mass is 346 g/mol. The number of unbranched alkanes of at least 4 members (excludes halogenated alkanes) is 9. The van der Waals surface area contributed by atoms with Gasteiger partial charge in [-0.2, -0.15) is 0 Å². The lowest BCUT2D eigenvalue weighted by Crippen LogP contribution is -2.32. The van der Waals surface area contributed by atoms with E-state index in [-0.39, 0.29) is 0 Å². The summed E-state index contributed by atoms with van der Waals surface area (Å²) < 4.78 is 0. The van der Waals surface area contributed by atoms with Gasteiger partial charge in [-0.05, 0) is 38.7 Å². The Morgan fingerprint density at radius 1 is 0.920 bits per heavy atom. The molecule has 0 radical (unpaired) electrons. The van der Waals surface area contributed by atoms with Gasteiger partial charge < -0.3 is 10.0 Å². The van der Waals surface area contributed by atoms with Gasteiger partial charge in [0.05, 0.1) is 5.69 Å². The summed E-state index contributed by atoms with van der Waals surface area (Å²) in [4.78, 5) is 7.14. The first kappa shape index (κ1) is 20.1. The van der Waals surface area contributed by atoms with Crippen LogP contribution >= 0.6 is 0 Å². The summed E-state index contributed by atoms with van der Waals surface area (Å²) in [7, 11) is 0. The number of pyridine rings is 1. The summed E-state index contributed by atoms with van der Waals surface area (Å²) in [5, 5.41) is 10.1. The highest BCUT2D eigenvalue weighted by Gasteiger charge is 2.22. The maximum absolute atomic E-state index is 10.1. The van der Waals surface area contributed by atoms with Crippen molar-refractivity contribution < 1.29 is 5.11 Å². The predicted octanol–water partition coefficient (Wildman–Crippen LogP) is 6.08.